The van der Waals surface area contributed by atoms with Gasteiger partial charge in [0.2, 0.25) is 5.79 Å². The number of allylic oxidation sites excluding steroid dienone is 4. The molecule has 0 radical (unpaired) electrons. The maximum Gasteiger partial charge on any atom is 0.342 e. The normalized spacial score (nSPS) is 58.5. The number of Topliss-reactive ketones (excluding diaryl/α,β-unsaturated/α-hetero) is 2. The van der Waals surface area contributed by atoms with Crippen molar-refractivity contribution >= 4 is 23.5 Å². The molecule has 5 saturated heterocycles. The third-order valence-corrected chi connectivity index (χ3v) is 11.9. The fraction of sp³-hybridized carbons (Fsp3) is 0.714. The summed E-state index contributed by atoms with van der Waals surface area (Å²) in [6.07, 6.45) is 6.20. The second-order valence-corrected chi connectivity index (χ2v) is 13.0. The van der Waals surface area contributed by atoms with Crippen molar-refractivity contribution < 1.29 is 43.2 Å². The summed E-state index contributed by atoms with van der Waals surface area (Å²) >= 11 is 0. The number of hydrogen-bond donors (Lipinski definition) is 1. The summed E-state index contributed by atoms with van der Waals surface area (Å²) in [5.74, 6) is -6.26. The predicted octanol–water partition coefficient (Wildman–Crippen LogP) is 1.56. The standard InChI is InChI=1S/C28H30O9/c1-23-11-18-25(3)28-19(23)20(30)27(37-28,34-12-16(23)21(31)35-18)15-8-7-13-5-4-6-17(29)24(13,2)14(15)9-10-26(28,33)22(32)36-25/h4-5,7,14-16,18-19,33H,6,8-12H2,1-3H3/t14?,15?,16-,18+,19?,23+,24-,25-,26+,27+,28-/m0/s1. The van der Waals surface area contributed by atoms with Gasteiger partial charge in [0.1, 0.15) is 11.9 Å². The second-order valence-electron chi connectivity index (χ2n) is 13.0. The average molecular weight is 511 g/mol. The van der Waals surface area contributed by atoms with Crippen LogP contribution >= 0.6 is 0 Å². The second kappa shape index (κ2) is 6.10. The van der Waals surface area contributed by atoms with E-state index in [-0.39, 0.29) is 31.0 Å². The first-order chi connectivity index (χ1) is 17.4. The first kappa shape index (κ1) is 22.6. The van der Waals surface area contributed by atoms with E-state index in [0.717, 1.165) is 5.57 Å². The summed E-state index contributed by atoms with van der Waals surface area (Å²) in [6, 6.07) is 0. The van der Waals surface area contributed by atoms with E-state index in [0.29, 0.717) is 19.3 Å². The van der Waals surface area contributed by atoms with Crippen LogP contribution in [0.1, 0.15) is 52.9 Å². The van der Waals surface area contributed by atoms with Crippen molar-refractivity contribution in [1.29, 1.82) is 0 Å². The third-order valence-electron chi connectivity index (χ3n) is 11.9. The van der Waals surface area contributed by atoms with Crippen LogP contribution in [-0.2, 0) is 38.1 Å². The summed E-state index contributed by atoms with van der Waals surface area (Å²) in [7, 11) is 0. The van der Waals surface area contributed by atoms with Gasteiger partial charge in [-0.2, -0.15) is 0 Å². The monoisotopic (exact) mass is 510 g/mol. The average Bonchev–Trinajstić information content (AvgIpc) is 3.16. The van der Waals surface area contributed by atoms with Gasteiger partial charge in [-0.25, -0.2) is 4.79 Å². The van der Waals surface area contributed by atoms with Crippen molar-refractivity contribution in [2.45, 2.75) is 81.6 Å². The van der Waals surface area contributed by atoms with E-state index in [1.165, 1.54) is 0 Å². The van der Waals surface area contributed by atoms with Crippen molar-refractivity contribution in [2.75, 3.05) is 6.61 Å². The fourth-order valence-electron chi connectivity index (χ4n) is 9.98. The smallest absolute Gasteiger partial charge is 0.342 e. The van der Waals surface area contributed by atoms with Gasteiger partial charge < -0.3 is 24.1 Å². The Morgan fingerprint density at radius 3 is 2.65 bits per heavy atom. The Bertz CT molecular complexity index is 1300. The number of aliphatic hydroxyl groups is 1. The summed E-state index contributed by atoms with van der Waals surface area (Å²) in [6.45, 7) is 5.29. The van der Waals surface area contributed by atoms with E-state index >= 15 is 0 Å². The van der Waals surface area contributed by atoms with E-state index in [9.17, 15) is 24.3 Å². The summed E-state index contributed by atoms with van der Waals surface area (Å²) < 4.78 is 25.1. The minimum Gasteiger partial charge on any atom is -0.458 e. The molecule has 196 valence electrons. The zero-order valence-corrected chi connectivity index (χ0v) is 21.1. The highest BCUT2D eigenvalue weighted by atomic mass is 16.8. The molecule has 3 aliphatic carbocycles. The molecule has 1 saturated carbocycles. The number of rotatable bonds is 0. The molecule has 8 rings (SSSR count). The zero-order valence-electron chi connectivity index (χ0n) is 21.1. The number of esters is 2. The van der Waals surface area contributed by atoms with Crippen molar-refractivity contribution in [2.24, 2.45) is 34.5 Å². The number of ether oxygens (including phenoxy) is 4. The molecule has 11 atom stereocenters. The molecule has 5 bridgehead atoms. The molecular formula is C28H30O9. The van der Waals surface area contributed by atoms with Gasteiger partial charge >= 0.3 is 11.9 Å². The van der Waals surface area contributed by atoms with Gasteiger partial charge in [-0.1, -0.05) is 25.2 Å². The molecule has 5 aliphatic heterocycles. The molecular weight excluding hydrogens is 480 g/mol. The van der Waals surface area contributed by atoms with Gasteiger partial charge in [-0.15, -0.1) is 0 Å². The molecule has 9 heteroatoms. The number of carbonyl (C=O) groups excluding carboxylic acids is 4. The largest absolute Gasteiger partial charge is 0.458 e. The first-order valence-electron chi connectivity index (χ1n) is 13.4. The van der Waals surface area contributed by atoms with E-state index < -0.39 is 75.1 Å². The quantitative estimate of drug-likeness (QED) is 0.483. The minimum absolute atomic E-state index is 0.0254. The first-order valence-corrected chi connectivity index (χ1v) is 13.4. The summed E-state index contributed by atoms with van der Waals surface area (Å²) in [5, 5.41) is 12.4. The van der Waals surface area contributed by atoms with Gasteiger partial charge in [0.25, 0.3) is 0 Å². The Balaban J connectivity index is 1.44. The Morgan fingerprint density at radius 1 is 1.08 bits per heavy atom. The molecule has 0 amide bonds. The summed E-state index contributed by atoms with van der Waals surface area (Å²) in [4.78, 5) is 55.3. The molecule has 3 unspecified atom stereocenters. The van der Waals surface area contributed by atoms with Crippen LogP contribution in [0.15, 0.2) is 23.8 Å². The van der Waals surface area contributed by atoms with Crippen LogP contribution in [0.5, 0.6) is 0 Å². The van der Waals surface area contributed by atoms with Gasteiger partial charge in [0.15, 0.2) is 22.6 Å². The van der Waals surface area contributed by atoms with E-state index in [1.54, 1.807) is 6.92 Å². The number of hydrogen-bond acceptors (Lipinski definition) is 9. The van der Waals surface area contributed by atoms with Crippen molar-refractivity contribution in [3.63, 3.8) is 0 Å². The predicted molar refractivity (Wildman–Crippen MR) is 122 cm³/mol. The van der Waals surface area contributed by atoms with Crippen LogP contribution in [-0.4, -0.2) is 63.9 Å². The SMILES string of the molecule is C[C@]12C(=O)CC=CC1=CCC1C2CC[C@@]2(O)C(=O)O[C@@]3(C)[C@H]4C[C@@]5(C)C6C(=O)[C@]1(OC[C@H]5C(=O)O4)O[C@]623. The van der Waals surface area contributed by atoms with Crippen LogP contribution in [0.4, 0.5) is 0 Å². The molecule has 6 fully saturated rings. The molecule has 0 aromatic rings. The van der Waals surface area contributed by atoms with Gasteiger partial charge in [0, 0.05) is 12.3 Å². The van der Waals surface area contributed by atoms with Crippen LogP contribution in [0.2, 0.25) is 0 Å². The topological polar surface area (TPSA) is 125 Å². The van der Waals surface area contributed by atoms with Crippen molar-refractivity contribution in [3.8, 4) is 0 Å². The van der Waals surface area contributed by atoms with Crippen LogP contribution in [0.25, 0.3) is 0 Å². The fourth-order valence-corrected chi connectivity index (χ4v) is 9.98. The lowest BCUT2D eigenvalue weighted by molar-refractivity contribution is -0.373. The molecule has 5 heterocycles. The maximum atomic E-state index is 14.8. The van der Waals surface area contributed by atoms with Crippen LogP contribution < -0.4 is 0 Å². The molecule has 37 heavy (non-hydrogen) atoms. The minimum atomic E-state index is -2.17. The highest BCUT2D eigenvalue weighted by Crippen LogP contribution is 2.75. The van der Waals surface area contributed by atoms with E-state index in [1.807, 2.05) is 32.1 Å². The zero-order chi connectivity index (χ0) is 26.0. The van der Waals surface area contributed by atoms with Crippen molar-refractivity contribution in [1.82, 2.24) is 0 Å². The van der Waals surface area contributed by atoms with Gasteiger partial charge in [-0.05, 0) is 56.4 Å². The molecule has 1 N–H and O–H groups in total. The Labute approximate surface area is 213 Å². The summed E-state index contributed by atoms with van der Waals surface area (Å²) in [5.41, 5.74) is -6.52. The number of carbonyl (C=O) groups is 4. The van der Waals surface area contributed by atoms with Crippen LogP contribution in [0.3, 0.4) is 0 Å². The Hall–Kier alpha value is -2.36. The van der Waals surface area contributed by atoms with Crippen molar-refractivity contribution in [3.05, 3.63) is 23.8 Å². The van der Waals surface area contributed by atoms with Gasteiger partial charge in [0.05, 0.1) is 23.9 Å². The highest BCUT2D eigenvalue weighted by Gasteiger charge is 2.93. The Kier molecular flexibility index (Phi) is 3.73. The highest BCUT2D eigenvalue weighted by molar-refractivity contribution is 5.99. The lowest BCUT2D eigenvalue weighted by Gasteiger charge is -2.63. The maximum absolute atomic E-state index is 14.8. The molecule has 9 nitrogen and oxygen atoms in total. The van der Waals surface area contributed by atoms with E-state index in [2.05, 4.69) is 0 Å². The van der Waals surface area contributed by atoms with Gasteiger partial charge in [-0.3, -0.25) is 14.4 Å². The lowest BCUT2D eigenvalue weighted by Crippen LogP contribution is -2.79. The number of fused-ring (bicyclic) bond motifs is 5. The molecule has 2 spiro atoms. The Morgan fingerprint density at radius 2 is 1.86 bits per heavy atom. The molecule has 8 aliphatic rings. The number of ketones is 2. The van der Waals surface area contributed by atoms with Crippen LogP contribution in [0, 0.1) is 34.5 Å². The lowest BCUT2D eigenvalue weighted by atomic mass is 9.46. The third kappa shape index (κ3) is 1.97. The molecule has 0 aromatic carbocycles. The molecule has 0 aromatic heterocycles. The van der Waals surface area contributed by atoms with E-state index in [4.69, 9.17) is 18.9 Å².